The number of nitrogens with zero attached hydrogens (tertiary/aromatic N) is 3. The number of halogens is 4. The molecule has 0 spiro atoms. The van der Waals surface area contributed by atoms with E-state index in [1.807, 2.05) is 6.07 Å². The quantitative estimate of drug-likeness (QED) is 0.585. The van der Waals surface area contributed by atoms with Crippen LogP contribution in [0.5, 0.6) is 0 Å². The Labute approximate surface area is 190 Å². The monoisotopic (exact) mass is 473 g/mol. The molecule has 4 rings (SSSR count). The summed E-state index contributed by atoms with van der Waals surface area (Å²) in [7, 11) is 0. The number of aromatic amines is 1. The van der Waals surface area contributed by atoms with Crippen molar-refractivity contribution in [2.45, 2.75) is 18.1 Å². The van der Waals surface area contributed by atoms with Gasteiger partial charge >= 0.3 is 6.18 Å². The standard InChI is InChI=1S/C22H15ClF3N5O2/c23-14-5-12(8-27)6-15(7-14)30-20(32)18-16-3-1-2-4-17(16)21(33)31(11-22(24,25)26)19(18)13-9-28-29-10-13/h1-7,9-10,18-19H,11H2,(H,28,29)(H,30,32)/t18-,19+/m1/s1. The maximum absolute atomic E-state index is 13.5. The Morgan fingerprint density at radius 3 is 2.70 bits per heavy atom. The summed E-state index contributed by atoms with van der Waals surface area (Å²) in [5.74, 6) is -2.70. The number of H-pyrrole nitrogens is 1. The van der Waals surface area contributed by atoms with Crippen LogP contribution < -0.4 is 5.32 Å². The second-order valence-electron chi connectivity index (χ2n) is 7.42. The van der Waals surface area contributed by atoms with Crippen molar-refractivity contribution in [2.24, 2.45) is 0 Å². The molecule has 2 N–H and O–H groups in total. The lowest BCUT2D eigenvalue weighted by atomic mass is 9.79. The fourth-order valence-electron chi connectivity index (χ4n) is 3.98. The molecule has 0 fully saturated rings. The number of benzene rings is 2. The van der Waals surface area contributed by atoms with E-state index in [1.165, 1.54) is 48.8 Å². The number of carbonyl (C=O) groups is 2. The fraction of sp³-hybridized carbons (Fsp3) is 0.182. The van der Waals surface area contributed by atoms with Crippen LogP contribution in [-0.2, 0) is 4.79 Å². The Morgan fingerprint density at radius 2 is 2.03 bits per heavy atom. The van der Waals surface area contributed by atoms with Crippen molar-refractivity contribution < 1.29 is 22.8 Å². The van der Waals surface area contributed by atoms with Gasteiger partial charge in [-0.3, -0.25) is 14.7 Å². The van der Waals surface area contributed by atoms with Crippen LogP contribution in [0.1, 0.15) is 39.0 Å². The summed E-state index contributed by atoms with van der Waals surface area (Å²) in [6, 6.07) is 10.9. The third-order valence-corrected chi connectivity index (χ3v) is 5.44. The van der Waals surface area contributed by atoms with Crippen LogP contribution in [0.15, 0.2) is 54.9 Å². The summed E-state index contributed by atoms with van der Waals surface area (Å²) < 4.78 is 40.3. The Kier molecular flexibility index (Phi) is 5.82. The van der Waals surface area contributed by atoms with Gasteiger partial charge in [-0.1, -0.05) is 29.8 Å². The zero-order valence-electron chi connectivity index (χ0n) is 16.7. The molecule has 0 unspecified atom stereocenters. The number of carbonyl (C=O) groups excluding carboxylic acids is 2. The van der Waals surface area contributed by atoms with E-state index in [0.717, 1.165) is 0 Å². The van der Waals surface area contributed by atoms with E-state index in [4.69, 9.17) is 16.9 Å². The molecule has 0 bridgehead atoms. The van der Waals surface area contributed by atoms with Gasteiger partial charge in [-0.15, -0.1) is 0 Å². The Balaban J connectivity index is 1.83. The fourth-order valence-corrected chi connectivity index (χ4v) is 4.22. The van der Waals surface area contributed by atoms with Crippen molar-refractivity contribution in [1.82, 2.24) is 15.1 Å². The molecule has 0 aliphatic carbocycles. The SMILES string of the molecule is N#Cc1cc(Cl)cc(NC(=O)[C@@H]2c3ccccc3C(=O)N(CC(F)(F)F)[C@H]2c2cn[nH]c2)c1. The number of nitriles is 1. The Morgan fingerprint density at radius 1 is 1.27 bits per heavy atom. The zero-order valence-corrected chi connectivity index (χ0v) is 17.5. The number of hydrogen-bond donors (Lipinski definition) is 2. The summed E-state index contributed by atoms with van der Waals surface area (Å²) >= 11 is 6.01. The molecule has 1 aliphatic heterocycles. The average molecular weight is 474 g/mol. The first-order chi connectivity index (χ1) is 15.7. The van der Waals surface area contributed by atoms with Crippen LogP contribution in [0.3, 0.4) is 0 Å². The van der Waals surface area contributed by atoms with Crippen LogP contribution in [0.2, 0.25) is 5.02 Å². The van der Waals surface area contributed by atoms with Crippen LogP contribution in [0.25, 0.3) is 0 Å². The molecule has 11 heteroatoms. The lowest BCUT2D eigenvalue weighted by Gasteiger charge is -2.41. The number of amides is 2. The molecular weight excluding hydrogens is 459 g/mol. The third kappa shape index (κ3) is 4.54. The predicted molar refractivity (Wildman–Crippen MR) is 112 cm³/mol. The molecule has 1 aromatic heterocycles. The highest BCUT2D eigenvalue weighted by Crippen LogP contribution is 2.44. The maximum Gasteiger partial charge on any atom is 0.406 e. The molecule has 2 heterocycles. The lowest BCUT2D eigenvalue weighted by molar-refractivity contribution is -0.148. The number of alkyl halides is 3. The number of anilines is 1. The van der Waals surface area contributed by atoms with Gasteiger partial charge < -0.3 is 10.2 Å². The largest absolute Gasteiger partial charge is 0.406 e. The van der Waals surface area contributed by atoms with E-state index in [1.54, 1.807) is 6.07 Å². The molecule has 2 amide bonds. The van der Waals surface area contributed by atoms with Crippen molar-refractivity contribution in [3.63, 3.8) is 0 Å². The minimum Gasteiger partial charge on any atom is -0.325 e. The summed E-state index contributed by atoms with van der Waals surface area (Å²) in [4.78, 5) is 27.2. The van der Waals surface area contributed by atoms with Crippen molar-refractivity contribution in [3.8, 4) is 6.07 Å². The smallest absolute Gasteiger partial charge is 0.325 e. The van der Waals surface area contributed by atoms with Gasteiger partial charge in [-0.05, 0) is 29.8 Å². The van der Waals surface area contributed by atoms with Crippen LogP contribution in [0.4, 0.5) is 18.9 Å². The van der Waals surface area contributed by atoms with Gasteiger partial charge in [0.25, 0.3) is 5.91 Å². The van der Waals surface area contributed by atoms with E-state index in [0.29, 0.717) is 4.90 Å². The van der Waals surface area contributed by atoms with Crippen molar-refractivity contribution in [1.29, 1.82) is 5.26 Å². The summed E-state index contributed by atoms with van der Waals surface area (Å²) in [5, 5.41) is 18.3. The third-order valence-electron chi connectivity index (χ3n) is 5.23. The predicted octanol–water partition coefficient (Wildman–Crippen LogP) is 4.42. The molecule has 2 atom stereocenters. The summed E-state index contributed by atoms with van der Waals surface area (Å²) in [6.45, 7) is -1.55. The van der Waals surface area contributed by atoms with Crippen LogP contribution >= 0.6 is 11.6 Å². The first kappa shape index (κ1) is 22.4. The highest BCUT2D eigenvalue weighted by molar-refractivity contribution is 6.31. The number of fused-ring (bicyclic) bond motifs is 1. The van der Waals surface area contributed by atoms with Gasteiger partial charge in [-0.2, -0.15) is 23.5 Å². The second-order valence-corrected chi connectivity index (χ2v) is 7.86. The molecular formula is C22H15ClF3N5O2. The molecule has 33 heavy (non-hydrogen) atoms. The van der Waals surface area contributed by atoms with Crippen LogP contribution in [-0.4, -0.2) is 39.6 Å². The zero-order chi connectivity index (χ0) is 23.8. The van der Waals surface area contributed by atoms with E-state index < -0.39 is 36.5 Å². The molecule has 0 radical (unpaired) electrons. The highest BCUT2D eigenvalue weighted by Gasteiger charge is 2.48. The maximum atomic E-state index is 13.5. The van der Waals surface area contributed by atoms with Crippen molar-refractivity contribution in [3.05, 3.63) is 82.1 Å². The number of aromatic nitrogens is 2. The van der Waals surface area contributed by atoms with Gasteiger partial charge in [0.2, 0.25) is 5.91 Å². The van der Waals surface area contributed by atoms with Crippen molar-refractivity contribution in [2.75, 3.05) is 11.9 Å². The Hall–Kier alpha value is -3.84. The molecule has 0 saturated heterocycles. The number of hydrogen-bond acceptors (Lipinski definition) is 4. The number of rotatable bonds is 4. The summed E-state index contributed by atoms with van der Waals surface area (Å²) in [5.41, 5.74) is 0.928. The lowest BCUT2D eigenvalue weighted by Crippen LogP contribution is -2.49. The number of nitrogens with one attached hydrogen (secondary N) is 2. The van der Waals surface area contributed by atoms with Crippen LogP contribution in [0, 0.1) is 11.3 Å². The molecule has 2 aromatic carbocycles. The van der Waals surface area contributed by atoms with Gasteiger partial charge in [0.1, 0.15) is 6.54 Å². The van der Waals surface area contributed by atoms with Crippen molar-refractivity contribution >= 4 is 29.1 Å². The molecule has 7 nitrogen and oxygen atoms in total. The summed E-state index contributed by atoms with van der Waals surface area (Å²) in [6.07, 6.45) is -2.06. The second kappa shape index (κ2) is 8.60. The van der Waals surface area contributed by atoms with E-state index in [-0.39, 0.29) is 33.0 Å². The van der Waals surface area contributed by atoms with E-state index in [9.17, 15) is 22.8 Å². The average Bonchev–Trinajstić information content (AvgIpc) is 3.28. The minimum absolute atomic E-state index is 0.00505. The molecule has 168 valence electrons. The Bertz CT molecular complexity index is 1250. The van der Waals surface area contributed by atoms with Gasteiger partial charge in [0, 0.05) is 28.0 Å². The van der Waals surface area contributed by atoms with E-state index >= 15 is 0 Å². The molecule has 1 aliphatic rings. The molecule has 0 saturated carbocycles. The topological polar surface area (TPSA) is 102 Å². The van der Waals surface area contributed by atoms with Gasteiger partial charge in [0.05, 0.1) is 29.8 Å². The van der Waals surface area contributed by atoms with E-state index in [2.05, 4.69) is 15.5 Å². The molecule has 3 aromatic rings. The van der Waals surface area contributed by atoms with Gasteiger partial charge in [0.15, 0.2) is 0 Å². The minimum atomic E-state index is -4.69. The normalized spacial score (nSPS) is 17.9. The first-order valence-corrected chi connectivity index (χ1v) is 10.0. The van der Waals surface area contributed by atoms with Gasteiger partial charge in [-0.25, -0.2) is 0 Å². The first-order valence-electron chi connectivity index (χ1n) is 9.65. The highest BCUT2D eigenvalue weighted by atomic mass is 35.5.